The first-order chi connectivity index (χ1) is 8.63. The summed E-state index contributed by atoms with van der Waals surface area (Å²) in [5.74, 6) is 1.82. The molecule has 0 bridgehead atoms. The molecule has 2 aromatic rings. The highest BCUT2D eigenvalue weighted by atomic mass is 16.5. The first-order valence-electron chi connectivity index (χ1n) is 5.39. The van der Waals surface area contributed by atoms with E-state index in [-0.39, 0.29) is 5.89 Å². The number of aliphatic hydroxyl groups excluding tert-OH is 1. The molecule has 0 fully saturated rings. The second-order valence-corrected chi connectivity index (χ2v) is 3.73. The van der Waals surface area contributed by atoms with E-state index in [1.165, 1.54) is 0 Å². The molecule has 0 radical (unpaired) electrons. The van der Waals surface area contributed by atoms with Crippen LogP contribution < -0.4 is 9.47 Å². The molecule has 0 saturated heterocycles. The van der Waals surface area contributed by atoms with E-state index in [1.807, 2.05) is 0 Å². The smallest absolute Gasteiger partial charge is 0.255 e. The van der Waals surface area contributed by atoms with E-state index in [0.29, 0.717) is 22.9 Å². The Kier molecular flexibility index (Phi) is 3.47. The van der Waals surface area contributed by atoms with Gasteiger partial charge in [0.05, 0.1) is 14.2 Å². The van der Waals surface area contributed by atoms with E-state index in [0.717, 1.165) is 0 Å². The lowest BCUT2D eigenvalue weighted by atomic mass is 10.2. The van der Waals surface area contributed by atoms with E-state index in [2.05, 4.69) is 10.1 Å². The van der Waals surface area contributed by atoms with Crippen molar-refractivity contribution in [2.45, 2.75) is 13.0 Å². The van der Waals surface area contributed by atoms with Gasteiger partial charge in [-0.25, -0.2) is 0 Å². The molecule has 0 unspecified atom stereocenters. The van der Waals surface area contributed by atoms with E-state index >= 15 is 0 Å². The molecule has 1 atom stereocenters. The van der Waals surface area contributed by atoms with Gasteiger partial charge in [0.15, 0.2) is 0 Å². The van der Waals surface area contributed by atoms with Crippen LogP contribution in [0.1, 0.15) is 18.9 Å². The van der Waals surface area contributed by atoms with Crippen molar-refractivity contribution in [3.63, 3.8) is 0 Å². The Labute approximate surface area is 104 Å². The fraction of sp³-hybridized carbons (Fsp3) is 0.333. The van der Waals surface area contributed by atoms with Crippen molar-refractivity contribution in [1.29, 1.82) is 0 Å². The summed E-state index contributed by atoms with van der Waals surface area (Å²) >= 11 is 0. The van der Waals surface area contributed by atoms with E-state index in [4.69, 9.17) is 14.0 Å². The molecule has 6 heteroatoms. The second-order valence-electron chi connectivity index (χ2n) is 3.73. The maximum atomic E-state index is 9.34. The number of methoxy groups -OCH3 is 2. The van der Waals surface area contributed by atoms with Crippen molar-refractivity contribution in [2.75, 3.05) is 14.2 Å². The normalized spacial score (nSPS) is 12.2. The average Bonchev–Trinajstić information content (AvgIpc) is 2.87. The molecule has 96 valence electrons. The number of hydrogen-bond donors (Lipinski definition) is 1. The zero-order valence-corrected chi connectivity index (χ0v) is 10.4. The SMILES string of the molecule is COc1cc(OC)cc(-c2noc([C@H](C)O)n2)c1. The van der Waals surface area contributed by atoms with Crippen LogP contribution >= 0.6 is 0 Å². The summed E-state index contributed by atoms with van der Waals surface area (Å²) in [7, 11) is 3.13. The molecule has 1 N–H and O–H groups in total. The number of rotatable bonds is 4. The van der Waals surface area contributed by atoms with E-state index in [9.17, 15) is 5.11 Å². The Hall–Kier alpha value is -2.08. The Morgan fingerprint density at radius 1 is 1.17 bits per heavy atom. The van der Waals surface area contributed by atoms with Crippen molar-refractivity contribution in [2.24, 2.45) is 0 Å². The Morgan fingerprint density at radius 3 is 2.22 bits per heavy atom. The molecule has 1 aromatic heterocycles. The van der Waals surface area contributed by atoms with Crippen molar-refractivity contribution < 1.29 is 19.1 Å². The summed E-state index contributed by atoms with van der Waals surface area (Å²) in [6.07, 6.45) is -0.793. The van der Waals surface area contributed by atoms with E-state index < -0.39 is 6.10 Å². The molecule has 1 heterocycles. The van der Waals surface area contributed by atoms with Gasteiger partial charge in [-0.1, -0.05) is 5.16 Å². The third kappa shape index (κ3) is 2.43. The lowest BCUT2D eigenvalue weighted by Gasteiger charge is -2.05. The highest BCUT2D eigenvalue weighted by Crippen LogP contribution is 2.28. The minimum Gasteiger partial charge on any atom is -0.497 e. The number of aliphatic hydroxyl groups is 1. The summed E-state index contributed by atoms with van der Waals surface area (Å²) in [4.78, 5) is 4.09. The number of benzene rings is 1. The van der Waals surface area contributed by atoms with Crippen molar-refractivity contribution in [3.8, 4) is 22.9 Å². The summed E-state index contributed by atoms with van der Waals surface area (Å²) in [5.41, 5.74) is 0.696. The van der Waals surface area contributed by atoms with Crippen LogP contribution in [0, 0.1) is 0 Å². The molecule has 0 saturated carbocycles. The first-order valence-corrected chi connectivity index (χ1v) is 5.39. The van der Waals surface area contributed by atoms with Crippen molar-refractivity contribution in [3.05, 3.63) is 24.1 Å². The van der Waals surface area contributed by atoms with Crippen LogP contribution in [0.5, 0.6) is 11.5 Å². The van der Waals surface area contributed by atoms with Gasteiger partial charge in [-0.3, -0.25) is 0 Å². The van der Waals surface area contributed by atoms with Gasteiger partial charge in [-0.2, -0.15) is 4.98 Å². The number of ether oxygens (including phenoxy) is 2. The van der Waals surface area contributed by atoms with Gasteiger partial charge in [0.1, 0.15) is 17.6 Å². The lowest BCUT2D eigenvalue weighted by Crippen LogP contribution is -1.92. The molecule has 0 aliphatic carbocycles. The molecule has 0 spiro atoms. The van der Waals surface area contributed by atoms with E-state index in [1.54, 1.807) is 39.3 Å². The minimum absolute atomic E-state index is 0.173. The molecular weight excluding hydrogens is 236 g/mol. The van der Waals surface area contributed by atoms with Gasteiger partial charge in [0.2, 0.25) is 5.82 Å². The predicted octanol–water partition coefficient (Wildman–Crippen LogP) is 1.81. The number of hydrogen-bond acceptors (Lipinski definition) is 6. The summed E-state index contributed by atoms with van der Waals surface area (Å²) < 4.78 is 15.2. The Bertz CT molecular complexity index is 514. The molecule has 1 aromatic carbocycles. The molecule has 0 amide bonds. The van der Waals surface area contributed by atoms with Crippen LogP contribution in [0.15, 0.2) is 22.7 Å². The van der Waals surface area contributed by atoms with Gasteiger partial charge in [0, 0.05) is 11.6 Å². The molecule has 2 rings (SSSR count). The standard InChI is InChI=1S/C12H14N2O4/c1-7(15)12-13-11(14-18-12)8-4-9(16-2)6-10(5-8)17-3/h4-7,15H,1-3H3/t7-/m0/s1. The quantitative estimate of drug-likeness (QED) is 0.891. The van der Waals surface area contributed by atoms with Crippen LogP contribution in [0.25, 0.3) is 11.4 Å². The fourth-order valence-electron chi connectivity index (χ4n) is 1.46. The van der Waals surface area contributed by atoms with Gasteiger partial charge in [-0.15, -0.1) is 0 Å². The zero-order chi connectivity index (χ0) is 13.1. The number of aromatic nitrogens is 2. The molecular formula is C12H14N2O4. The summed E-state index contributed by atoms with van der Waals surface area (Å²) in [6, 6.07) is 5.28. The molecule has 6 nitrogen and oxygen atoms in total. The summed E-state index contributed by atoms with van der Waals surface area (Å²) in [6.45, 7) is 1.56. The minimum atomic E-state index is -0.793. The topological polar surface area (TPSA) is 77.6 Å². The maximum Gasteiger partial charge on any atom is 0.255 e. The zero-order valence-electron chi connectivity index (χ0n) is 10.4. The van der Waals surface area contributed by atoms with Crippen LogP contribution in [0.2, 0.25) is 0 Å². The van der Waals surface area contributed by atoms with Crippen LogP contribution in [0.3, 0.4) is 0 Å². The Balaban J connectivity index is 2.42. The van der Waals surface area contributed by atoms with Gasteiger partial charge < -0.3 is 19.1 Å². The monoisotopic (exact) mass is 250 g/mol. The van der Waals surface area contributed by atoms with Crippen LogP contribution in [-0.4, -0.2) is 29.5 Å². The average molecular weight is 250 g/mol. The second kappa shape index (κ2) is 5.05. The van der Waals surface area contributed by atoms with Crippen LogP contribution in [0.4, 0.5) is 0 Å². The first kappa shape index (κ1) is 12.4. The highest BCUT2D eigenvalue weighted by Gasteiger charge is 2.14. The maximum absolute atomic E-state index is 9.34. The highest BCUT2D eigenvalue weighted by molar-refractivity contribution is 5.60. The third-order valence-corrected chi connectivity index (χ3v) is 2.41. The van der Waals surface area contributed by atoms with Crippen molar-refractivity contribution >= 4 is 0 Å². The Morgan fingerprint density at radius 2 is 1.78 bits per heavy atom. The fourth-order valence-corrected chi connectivity index (χ4v) is 1.46. The van der Waals surface area contributed by atoms with Gasteiger partial charge in [0.25, 0.3) is 5.89 Å². The predicted molar refractivity (Wildman–Crippen MR) is 63.5 cm³/mol. The third-order valence-electron chi connectivity index (χ3n) is 2.41. The number of nitrogens with zero attached hydrogens (tertiary/aromatic N) is 2. The molecule has 18 heavy (non-hydrogen) atoms. The lowest BCUT2D eigenvalue weighted by molar-refractivity contribution is 0.152. The molecule has 0 aliphatic heterocycles. The van der Waals surface area contributed by atoms with Gasteiger partial charge >= 0.3 is 0 Å². The summed E-state index contributed by atoms with van der Waals surface area (Å²) in [5, 5.41) is 13.1. The van der Waals surface area contributed by atoms with Crippen molar-refractivity contribution in [1.82, 2.24) is 10.1 Å². The van der Waals surface area contributed by atoms with Gasteiger partial charge in [-0.05, 0) is 19.1 Å². The van der Waals surface area contributed by atoms with Crippen LogP contribution in [-0.2, 0) is 0 Å². The molecule has 0 aliphatic rings. The largest absolute Gasteiger partial charge is 0.497 e.